The molecular formula is C30H28N6O4S. The van der Waals surface area contributed by atoms with Gasteiger partial charge in [0, 0.05) is 30.5 Å². The van der Waals surface area contributed by atoms with Crippen LogP contribution in [-0.4, -0.2) is 47.6 Å². The Labute approximate surface area is 240 Å². The molecule has 0 spiro atoms. The molecule has 5 aromatic rings. The third-order valence-corrected chi connectivity index (χ3v) is 7.95. The zero-order valence-electron chi connectivity index (χ0n) is 22.3. The molecule has 3 aromatic carbocycles. The predicted octanol–water partition coefficient (Wildman–Crippen LogP) is 4.84. The van der Waals surface area contributed by atoms with Crippen LogP contribution in [0.5, 0.6) is 0 Å². The Morgan fingerprint density at radius 1 is 1.05 bits per heavy atom. The lowest BCUT2D eigenvalue weighted by molar-refractivity contribution is -0.245. The van der Waals surface area contributed by atoms with Crippen LogP contribution in [0.2, 0.25) is 0 Å². The summed E-state index contributed by atoms with van der Waals surface area (Å²) in [5, 5.41) is 21.3. The average molecular weight is 569 g/mol. The van der Waals surface area contributed by atoms with Crippen LogP contribution < -0.4 is 5.32 Å². The molecule has 3 heterocycles. The van der Waals surface area contributed by atoms with E-state index >= 15 is 0 Å². The molecular weight excluding hydrogens is 540 g/mol. The van der Waals surface area contributed by atoms with E-state index in [0.29, 0.717) is 23.4 Å². The van der Waals surface area contributed by atoms with Gasteiger partial charge in [0.1, 0.15) is 12.0 Å². The first kappa shape index (κ1) is 27.0. The molecule has 2 aromatic heterocycles. The monoisotopic (exact) mass is 568 g/mol. The lowest BCUT2D eigenvalue weighted by Crippen LogP contribution is -2.31. The summed E-state index contributed by atoms with van der Waals surface area (Å²) in [6.45, 7) is -0.0161. The Morgan fingerprint density at radius 2 is 1.88 bits per heavy atom. The van der Waals surface area contributed by atoms with Gasteiger partial charge in [0.25, 0.3) is 5.91 Å². The van der Waals surface area contributed by atoms with E-state index in [1.165, 1.54) is 6.20 Å². The fraction of sp³-hybridized carbons (Fsp3) is 0.233. The molecule has 0 radical (unpaired) electrons. The molecule has 0 saturated carbocycles. The first-order chi connectivity index (χ1) is 20.1. The lowest BCUT2D eigenvalue weighted by atomic mass is 10.0. The zero-order valence-corrected chi connectivity index (χ0v) is 23.1. The van der Waals surface area contributed by atoms with Crippen LogP contribution in [0.1, 0.15) is 46.0 Å². The molecule has 2 N–H and O–H groups in total. The Morgan fingerprint density at radius 3 is 2.66 bits per heavy atom. The van der Waals surface area contributed by atoms with Crippen molar-refractivity contribution in [2.24, 2.45) is 7.05 Å². The highest BCUT2D eigenvalue weighted by Crippen LogP contribution is 2.39. The van der Waals surface area contributed by atoms with E-state index in [0.717, 1.165) is 27.4 Å². The average Bonchev–Trinajstić information content (AvgIpc) is 3.44. The predicted molar refractivity (Wildman–Crippen MR) is 154 cm³/mol. The highest BCUT2D eigenvalue weighted by atomic mass is 32.2. The number of rotatable bonds is 8. The molecule has 1 aliphatic rings. The number of benzene rings is 3. The molecule has 1 saturated heterocycles. The van der Waals surface area contributed by atoms with Crippen LogP contribution in [0, 0.1) is 0 Å². The first-order valence-corrected chi connectivity index (χ1v) is 14.1. The van der Waals surface area contributed by atoms with Crippen LogP contribution in [0.25, 0.3) is 11.0 Å². The number of aromatic nitrogens is 5. The van der Waals surface area contributed by atoms with E-state index in [1.807, 2.05) is 84.4 Å². The molecule has 208 valence electrons. The molecule has 1 aliphatic heterocycles. The number of aryl methyl sites for hydroxylation is 1. The van der Waals surface area contributed by atoms with Crippen LogP contribution in [0.4, 0.5) is 5.69 Å². The first-order valence-electron chi connectivity index (χ1n) is 13.2. The van der Waals surface area contributed by atoms with Crippen LogP contribution >= 0.6 is 11.8 Å². The van der Waals surface area contributed by atoms with Crippen molar-refractivity contribution < 1.29 is 19.4 Å². The second-order valence-electron chi connectivity index (χ2n) is 9.71. The third-order valence-electron chi connectivity index (χ3n) is 6.78. The summed E-state index contributed by atoms with van der Waals surface area (Å²) in [5.74, 6) is 0.306. The number of fused-ring (bicyclic) bond motifs is 1. The number of thioether (sulfide) groups is 1. The van der Waals surface area contributed by atoms with Gasteiger partial charge in [-0.15, -0.1) is 10.2 Å². The van der Waals surface area contributed by atoms with Crippen molar-refractivity contribution in [1.82, 2.24) is 24.7 Å². The van der Waals surface area contributed by atoms with Crippen molar-refractivity contribution in [3.63, 3.8) is 0 Å². The number of aliphatic hydroxyl groups excluding tert-OH is 1. The van der Waals surface area contributed by atoms with Gasteiger partial charge >= 0.3 is 0 Å². The Kier molecular flexibility index (Phi) is 8.01. The number of nitrogens with one attached hydrogen (secondary N) is 1. The number of aliphatic hydroxyl groups is 1. The van der Waals surface area contributed by atoms with E-state index in [9.17, 15) is 9.90 Å². The van der Waals surface area contributed by atoms with Gasteiger partial charge in [0.2, 0.25) is 0 Å². The lowest BCUT2D eigenvalue weighted by Gasteiger charge is -2.36. The molecule has 6 rings (SSSR count). The van der Waals surface area contributed by atoms with Crippen molar-refractivity contribution >= 4 is 34.4 Å². The van der Waals surface area contributed by atoms with E-state index in [4.69, 9.17) is 9.47 Å². The minimum atomic E-state index is -0.659. The van der Waals surface area contributed by atoms with Crippen molar-refractivity contribution in [2.75, 3.05) is 11.1 Å². The van der Waals surface area contributed by atoms with Crippen LogP contribution in [0.15, 0.2) is 90.5 Å². The SMILES string of the molecule is Cn1cnnc1SCC1CC(c2ccc(CO)cc2)OC(c2cccc(NC(=O)c3cnc4ccccc4n3)c2)O1. The molecule has 41 heavy (non-hydrogen) atoms. The Hall–Kier alpha value is -4.16. The fourth-order valence-corrected chi connectivity index (χ4v) is 5.52. The van der Waals surface area contributed by atoms with Crippen molar-refractivity contribution in [3.05, 3.63) is 108 Å². The van der Waals surface area contributed by atoms with Gasteiger partial charge in [-0.1, -0.05) is 60.3 Å². The standard InChI is InChI=1S/C30H28N6O4S/c1-36-18-32-35-30(36)41-17-23-14-27(20-11-9-19(16-37)10-12-20)40-29(39-23)21-5-4-6-22(13-21)33-28(38)26-15-31-24-7-2-3-8-25(24)34-26/h2-13,15,18,23,27,29,37H,14,16-17H2,1H3,(H,33,38). The topological polar surface area (TPSA) is 124 Å². The maximum Gasteiger partial charge on any atom is 0.275 e. The number of anilines is 1. The second-order valence-corrected chi connectivity index (χ2v) is 10.7. The van der Waals surface area contributed by atoms with E-state index < -0.39 is 6.29 Å². The summed E-state index contributed by atoms with van der Waals surface area (Å²) >= 11 is 1.58. The van der Waals surface area contributed by atoms with Gasteiger partial charge in [-0.05, 0) is 35.4 Å². The summed E-state index contributed by atoms with van der Waals surface area (Å²) < 4.78 is 14.8. The van der Waals surface area contributed by atoms with Crippen LogP contribution in [-0.2, 0) is 23.1 Å². The minimum absolute atomic E-state index is 0.0161. The number of hydrogen-bond acceptors (Lipinski definition) is 9. The number of amides is 1. The summed E-state index contributed by atoms with van der Waals surface area (Å²) in [6.07, 6.45) is 2.78. The fourth-order valence-electron chi connectivity index (χ4n) is 4.62. The van der Waals surface area contributed by atoms with E-state index in [-0.39, 0.29) is 30.4 Å². The van der Waals surface area contributed by atoms with Gasteiger partial charge in [0.15, 0.2) is 11.4 Å². The number of hydrogen-bond donors (Lipinski definition) is 2. The van der Waals surface area contributed by atoms with Gasteiger partial charge in [-0.2, -0.15) is 0 Å². The normalized spacial score (nSPS) is 18.8. The van der Waals surface area contributed by atoms with Crippen molar-refractivity contribution in [2.45, 2.75) is 36.7 Å². The smallest absolute Gasteiger partial charge is 0.275 e. The molecule has 3 unspecified atom stereocenters. The summed E-state index contributed by atoms with van der Waals surface area (Å²) in [7, 11) is 1.91. The molecule has 10 nitrogen and oxygen atoms in total. The van der Waals surface area contributed by atoms with Gasteiger partial charge in [0.05, 0.1) is 36.0 Å². The molecule has 11 heteroatoms. The maximum absolute atomic E-state index is 13.0. The van der Waals surface area contributed by atoms with Crippen molar-refractivity contribution in [1.29, 1.82) is 0 Å². The summed E-state index contributed by atoms with van der Waals surface area (Å²) in [6, 6.07) is 22.6. The number of nitrogens with zero attached hydrogens (tertiary/aromatic N) is 5. The zero-order chi connectivity index (χ0) is 28.2. The Bertz CT molecular complexity index is 1660. The quantitative estimate of drug-likeness (QED) is 0.253. The number of para-hydroxylation sites is 2. The molecule has 3 atom stereocenters. The van der Waals surface area contributed by atoms with Crippen LogP contribution in [0.3, 0.4) is 0 Å². The van der Waals surface area contributed by atoms with Gasteiger partial charge in [-0.3, -0.25) is 9.78 Å². The molecule has 1 amide bonds. The molecule has 0 aliphatic carbocycles. The highest BCUT2D eigenvalue weighted by Gasteiger charge is 2.32. The summed E-state index contributed by atoms with van der Waals surface area (Å²) in [4.78, 5) is 21.8. The van der Waals surface area contributed by atoms with E-state index in [2.05, 4.69) is 25.5 Å². The van der Waals surface area contributed by atoms with E-state index in [1.54, 1.807) is 18.1 Å². The largest absolute Gasteiger partial charge is 0.392 e. The highest BCUT2D eigenvalue weighted by molar-refractivity contribution is 7.99. The number of ether oxygens (including phenoxy) is 2. The molecule has 1 fully saturated rings. The number of carbonyl (C=O) groups excluding carboxylic acids is 1. The number of carbonyl (C=O) groups is 1. The maximum atomic E-state index is 13.0. The molecule has 0 bridgehead atoms. The third kappa shape index (κ3) is 6.28. The van der Waals surface area contributed by atoms with Gasteiger partial charge < -0.3 is 24.5 Å². The second kappa shape index (κ2) is 12.1. The summed E-state index contributed by atoms with van der Waals surface area (Å²) in [5.41, 5.74) is 4.82. The Balaban J connectivity index is 1.21. The van der Waals surface area contributed by atoms with Crippen molar-refractivity contribution in [3.8, 4) is 0 Å². The minimum Gasteiger partial charge on any atom is -0.392 e. The van der Waals surface area contributed by atoms with Gasteiger partial charge in [-0.25, -0.2) is 4.98 Å².